The van der Waals surface area contributed by atoms with Crippen molar-refractivity contribution in [3.05, 3.63) is 45.9 Å². The smallest absolute Gasteiger partial charge is 0.265 e. The summed E-state index contributed by atoms with van der Waals surface area (Å²) in [5.41, 5.74) is 0.195. The third-order valence-electron chi connectivity index (χ3n) is 3.98. The number of hydrogen-bond donors (Lipinski definition) is 0. The normalized spacial score (nSPS) is 13.7. The monoisotopic (exact) mass is 433 g/mol. The molecule has 0 unspecified atom stereocenters. The number of methoxy groups -OCH3 is 2. The summed E-state index contributed by atoms with van der Waals surface area (Å²) in [7, 11) is -1.24. The molecule has 1 heterocycles. The van der Waals surface area contributed by atoms with Gasteiger partial charge in [-0.25, -0.2) is 17.2 Å². The summed E-state index contributed by atoms with van der Waals surface area (Å²) >= 11 is 3.21. The molecule has 0 radical (unpaired) electrons. The van der Waals surface area contributed by atoms with Gasteiger partial charge in [-0.15, -0.1) is 0 Å². The molecule has 0 aromatic heterocycles. The summed E-state index contributed by atoms with van der Waals surface area (Å²) in [6.45, 7) is 0.0266. The Morgan fingerprint density at radius 1 is 1.08 bits per heavy atom. The van der Waals surface area contributed by atoms with Crippen molar-refractivity contribution in [2.75, 3.05) is 25.1 Å². The van der Waals surface area contributed by atoms with Crippen LogP contribution in [0.2, 0.25) is 0 Å². The first-order valence-corrected chi connectivity index (χ1v) is 9.45. The lowest BCUT2D eigenvalue weighted by molar-refractivity contribution is 0.353. The molecular weight excluding hydrogens is 420 g/mol. The molecule has 0 fully saturated rings. The highest BCUT2D eigenvalue weighted by Crippen LogP contribution is 2.40. The van der Waals surface area contributed by atoms with Crippen molar-refractivity contribution in [3.8, 4) is 11.5 Å². The van der Waals surface area contributed by atoms with E-state index in [1.807, 2.05) is 0 Å². The van der Waals surface area contributed by atoms with Gasteiger partial charge in [-0.1, -0.05) is 0 Å². The molecule has 0 spiro atoms. The Labute approximate surface area is 152 Å². The molecule has 1 aliphatic rings. The van der Waals surface area contributed by atoms with Crippen molar-refractivity contribution in [2.45, 2.75) is 11.3 Å². The molecular formula is C16H14BrF2NO4S. The molecule has 2 aromatic carbocycles. The number of benzene rings is 2. The maximum absolute atomic E-state index is 13.9. The first-order valence-electron chi connectivity index (χ1n) is 7.21. The van der Waals surface area contributed by atoms with Gasteiger partial charge >= 0.3 is 0 Å². The molecule has 134 valence electrons. The Bertz CT molecular complexity index is 950. The highest BCUT2D eigenvalue weighted by Gasteiger charge is 2.35. The van der Waals surface area contributed by atoms with Crippen LogP contribution in [0.3, 0.4) is 0 Å². The average molecular weight is 434 g/mol. The molecule has 0 N–H and O–H groups in total. The molecule has 9 heteroatoms. The van der Waals surface area contributed by atoms with E-state index in [2.05, 4.69) is 15.9 Å². The second kappa shape index (κ2) is 6.45. The Morgan fingerprint density at radius 2 is 1.72 bits per heavy atom. The van der Waals surface area contributed by atoms with E-state index in [-0.39, 0.29) is 39.3 Å². The molecule has 1 aliphatic heterocycles. The summed E-state index contributed by atoms with van der Waals surface area (Å²) in [5.74, 6) is -0.995. The summed E-state index contributed by atoms with van der Waals surface area (Å²) < 4.78 is 65.2. The summed E-state index contributed by atoms with van der Waals surface area (Å²) in [5, 5.41) is 0. The molecule has 0 bridgehead atoms. The van der Waals surface area contributed by atoms with Crippen LogP contribution in [-0.4, -0.2) is 29.2 Å². The zero-order valence-corrected chi connectivity index (χ0v) is 15.7. The van der Waals surface area contributed by atoms with E-state index in [0.717, 1.165) is 16.4 Å². The molecule has 5 nitrogen and oxygen atoms in total. The molecule has 25 heavy (non-hydrogen) atoms. The Morgan fingerprint density at radius 3 is 2.36 bits per heavy atom. The van der Waals surface area contributed by atoms with E-state index in [9.17, 15) is 17.2 Å². The van der Waals surface area contributed by atoms with Crippen molar-refractivity contribution in [2.24, 2.45) is 0 Å². The van der Waals surface area contributed by atoms with E-state index in [1.54, 1.807) is 0 Å². The summed E-state index contributed by atoms with van der Waals surface area (Å²) in [4.78, 5) is -0.0809. The predicted octanol–water partition coefficient (Wildman–Crippen LogP) is 3.50. The van der Waals surface area contributed by atoms with E-state index < -0.39 is 21.7 Å². The van der Waals surface area contributed by atoms with Gasteiger partial charge in [0.2, 0.25) is 0 Å². The largest absolute Gasteiger partial charge is 0.493 e. The Hall–Kier alpha value is -1.87. The van der Waals surface area contributed by atoms with E-state index in [4.69, 9.17) is 9.47 Å². The molecule has 3 rings (SSSR count). The van der Waals surface area contributed by atoms with Crippen molar-refractivity contribution < 1.29 is 26.7 Å². The quantitative estimate of drug-likeness (QED) is 0.740. The van der Waals surface area contributed by atoms with Gasteiger partial charge < -0.3 is 9.47 Å². The lowest BCUT2D eigenvalue weighted by atomic mass is 10.1. The topological polar surface area (TPSA) is 55.8 Å². The fourth-order valence-corrected chi connectivity index (χ4v) is 5.28. The van der Waals surface area contributed by atoms with Gasteiger partial charge in [0.05, 0.1) is 19.9 Å². The van der Waals surface area contributed by atoms with E-state index in [0.29, 0.717) is 5.75 Å². The first-order chi connectivity index (χ1) is 11.8. The number of halogens is 3. The minimum atomic E-state index is -4.06. The van der Waals surface area contributed by atoms with Crippen LogP contribution in [0, 0.1) is 11.6 Å². The van der Waals surface area contributed by atoms with Crippen LogP contribution in [0.1, 0.15) is 5.56 Å². The standard InChI is InChI=1S/C16H14BrF2NO4S/c1-23-14-7-11(17)16(8-15(14)24-2)25(21,22)20-4-3-10-12(19)5-9(18)6-13(10)20/h5-8H,3-4H2,1-2H3. The van der Waals surface area contributed by atoms with Crippen molar-refractivity contribution in [1.29, 1.82) is 0 Å². The number of fused-ring (bicyclic) bond motifs is 1. The van der Waals surface area contributed by atoms with Gasteiger partial charge in [0.1, 0.15) is 16.5 Å². The molecule has 0 amide bonds. The molecule has 0 atom stereocenters. The third kappa shape index (κ3) is 2.95. The van der Waals surface area contributed by atoms with Crippen LogP contribution in [0.25, 0.3) is 0 Å². The number of rotatable bonds is 4. The fraction of sp³-hybridized carbons (Fsp3) is 0.250. The number of hydrogen-bond acceptors (Lipinski definition) is 4. The van der Waals surface area contributed by atoms with Crippen molar-refractivity contribution >= 4 is 31.6 Å². The lowest BCUT2D eigenvalue weighted by Gasteiger charge is -2.21. The van der Waals surface area contributed by atoms with Crippen LogP contribution >= 0.6 is 15.9 Å². The van der Waals surface area contributed by atoms with Crippen molar-refractivity contribution in [3.63, 3.8) is 0 Å². The summed E-state index contributed by atoms with van der Waals surface area (Å²) in [6.07, 6.45) is 0.172. The summed E-state index contributed by atoms with van der Waals surface area (Å²) in [6, 6.07) is 4.56. The van der Waals surface area contributed by atoms with E-state index in [1.165, 1.54) is 26.4 Å². The molecule has 0 saturated carbocycles. The Kier molecular flexibility index (Phi) is 4.63. The highest BCUT2D eigenvalue weighted by atomic mass is 79.9. The number of sulfonamides is 1. The van der Waals surface area contributed by atoms with Crippen molar-refractivity contribution in [1.82, 2.24) is 0 Å². The highest BCUT2D eigenvalue weighted by molar-refractivity contribution is 9.10. The third-order valence-corrected chi connectivity index (χ3v) is 6.75. The first kappa shape index (κ1) is 17.9. The second-order valence-electron chi connectivity index (χ2n) is 5.35. The van der Waals surface area contributed by atoms with E-state index >= 15 is 0 Å². The number of ether oxygens (including phenoxy) is 2. The molecule has 0 saturated heterocycles. The van der Waals surface area contributed by atoms with Gasteiger partial charge in [0.15, 0.2) is 11.5 Å². The lowest BCUT2D eigenvalue weighted by Crippen LogP contribution is -2.29. The van der Waals surface area contributed by atoms with Gasteiger partial charge in [-0.05, 0) is 34.5 Å². The molecule has 2 aromatic rings. The zero-order chi connectivity index (χ0) is 18.4. The van der Waals surface area contributed by atoms with Gasteiger partial charge in [-0.2, -0.15) is 0 Å². The predicted molar refractivity (Wildman–Crippen MR) is 91.8 cm³/mol. The van der Waals surface area contributed by atoms with Gasteiger partial charge in [-0.3, -0.25) is 4.31 Å². The maximum atomic E-state index is 13.9. The second-order valence-corrected chi connectivity index (χ2v) is 8.04. The number of nitrogens with zero attached hydrogens (tertiary/aromatic N) is 1. The van der Waals surface area contributed by atoms with Gasteiger partial charge in [0, 0.05) is 28.7 Å². The SMILES string of the molecule is COc1cc(Br)c(S(=O)(=O)N2CCc3c(F)cc(F)cc32)cc1OC. The van der Waals surface area contributed by atoms with Crippen LogP contribution in [0.5, 0.6) is 11.5 Å². The average Bonchev–Trinajstić information content (AvgIpc) is 2.99. The Balaban J connectivity index is 2.14. The number of anilines is 1. The van der Waals surface area contributed by atoms with Crippen LogP contribution in [0.15, 0.2) is 33.6 Å². The minimum absolute atomic E-state index is 0.0131. The van der Waals surface area contributed by atoms with Crippen LogP contribution in [0.4, 0.5) is 14.5 Å². The maximum Gasteiger partial charge on any atom is 0.265 e. The van der Waals surface area contributed by atoms with Crippen LogP contribution < -0.4 is 13.8 Å². The fourth-order valence-electron chi connectivity index (χ4n) is 2.80. The zero-order valence-electron chi connectivity index (χ0n) is 13.3. The van der Waals surface area contributed by atoms with Crippen LogP contribution in [-0.2, 0) is 16.4 Å². The molecule has 0 aliphatic carbocycles. The minimum Gasteiger partial charge on any atom is -0.493 e. The van der Waals surface area contributed by atoms with Gasteiger partial charge in [0.25, 0.3) is 10.0 Å².